The minimum atomic E-state index is -0.489. The average Bonchev–Trinajstić information content (AvgIpc) is 3.36. The number of hydrogen-bond acceptors (Lipinski definition) is 2. The molecule has 2 aromatic rings. The molecule has 32 heavy (non-hydrogen) atoms. The molecule has 0 spiro atoms. The summed E-state index contributed by atoms with van der Waals surface area (Å²) in [6, 6.07) is 19.8. The summed E-state index contributed by atoms with van der Waals surface area (Å²) in [5, 5.41) is 11.6. The maximum Gasteiger partial charge on any atom is 0.0851 e. The summed E-state index contributed by atoms with van der Waals surface area (Å²) in [5.74, 6) is 0.390. The number of rotatable bonds is 11. The minimum Gasteiger partial charge on any atom is -0.300 e. The van der Waals surface area contributed by atoms with E-state index < -0.39 is 5.41 Å². The van der Waals surface area contributed by atoms with Gasteiger partial charge in [0.1, 0.15) is 0 Å². The first-order valence-electron chi connectivity index (χ1n) is 12.2. The zero-order valence-corrected chi connectivity index (χ0v) is 21.0. The molecule has 0 saturated heterocycles. The second kappa shape index (κ2) is 12.1. The fourth-order valence-corrected chi connectivity index (χ4v) is 5.84. The Morgan fingerprint density at radius 3 is 2.38 bits per heavy atom. The molecule has 3 rings (SSSR count). The SMILES string of the molecule is CCC(CCC(C#N)(c1ccc(Cl)c(Cl)c1)C1CCCC1)N(CC)CCc1ccccc1. The molecule has 172 valence electrons. The average molecular weight is 472 g/mol. The predicted molar refractivity (Wildman–Crippen MR) is 136 cm³/mol. The predicted octanol–water partition coefficient (Wildman–Crippen LogP) is 8.07. The van der Waals surface area contributed by atoms with E-state index in [2.05, 4.69) is 55.1 Å². The highest BCUT2D eigenvalue weighted by Crippen LogP contribution is 2.46. The Morgan fingerprint density at radius 2 is 1.78 bits per heavy atom. The second-order valence-corrected chi connectivity index (χ2v) is 9.97. The fraction of sp³-hybridized carbons (Fsp3) is 0.536. The standard InChI is InChI=1S/C28H36Cl2N2/c1-3-25(32(4-2)19-17-22-10-6-5-7-11-22)16-18-28(21-31,23-12-8-9-13-23)24-14-15-26(29)27(30)20-24/h5-7,10-11,14-15,20,23,25H,3-4,8-9,12-13,16-19H2,1-2H3. The van der Waals surface area contributed by atoms with Crippen molar-refractivity contribution in [3.63, 3.8) is 0 Å². The van der Waals surface area contributed by atoms with E-state index in [0.717, 1.165) is 57.2 Å². The molecule has 1 aliphatic rings. The number of likely N-dealkylation sites (N-methyl/N-ethyl adjacent to an activating group) is 1. The molecule has 1 saturated carbocycles. The van der Waals surface area contributed by atoms with E-state index in [1.165, 1.54) is 18.4 Å². The highest BCUT2D eigenvalue weighted by Gasteiger charge is 2.42. The van der Waals surface area contributed by atoms with Crippen LogP contribution in [0.4, 0.5) is 0 Å². The molecule has 2 aromatic carbocycles. The lowest BCUT2D eigenvalue weighted by Gasteiger charge is -2.37. The zero-order valence-electron chi connectivity index (χ0n) is 19.5. The number of hydrogen-bond donors (Lipinski definition) is 0. The van der Waals surface area contributed by atoms with Gasteiger partial charge in [0.05, 0.1) is 21.5 Å². The summed E-state index contributed by atoms with van der Waals surface area (Å²) in [4.78, 5) is 2.60. The Morgan fingerprint density at radius 1 is 1.06 bits per heavy atom. The maximum atomic E-state index is 10.5. The number of nitrogens with zero attached hydrogens (tertiary/aromatic N) is 2. The van der Waals surface area contributed by atoms with E-state index in [0.29, 0.717) is 22.0 Å². The Hall–Kier alpha value is -1.53. The molecule has 0 radical (unpaired) electrons. The molecule has 2 nitrogen and oxygen atoms in total. The van der Waals surface area contributed by atoms with Crippen molar-refractivity contribution >= 4 is 23.2 Å². The van der Waals surface area contributed by atoms with Crippen molar-refractivity contribution in [3.8, 4) is 6.07 Å². The Labute approximate surface area is 204 Å². The fourth-order valence-electron chi connectivity index (χ4n) is 5.54. The normalized spacial score (nSPS) is 17.2. The van der Waals surface area contributed by atoms with Crippen LogP contribution in [0.15, 0.2) is 48.5 Å². The lowest BCUT2D eigenvalue weighted by molar-refractivity contribution is 0.175. The third-order valence-electron chi connectivity index (χ3n) is 7.48. The lowest BCUT2D eigenvalue weighted by atomic mass is 9.67. The summed E-state index contributed by atoms with van der Waals surface area (Å²) < 4.78 is 0. The molecule has 0 amide bonds. The first-order valence-corrected chi connectivity index (χ1v) is 12.9. The number of halogens is 2. The van der Waals surface area contributed by atoms with E-state index >= 15 is 0 Å². The molecule has 0 aromatic heterocycles. The first kappa shape index (κ1) is 25.1. The van der Waals surface area contributed by atoms with Crippen LogP contribution in [0, 0.1) is 17.2 Å². The van der Waals surface area contributed by atoms with Crippen molar-refractivity contribution in [3.05, 3.63) is 69.7 Å². The Balaban J connectivity index is 1.78. The molecular formula is C28H36Cl2N2. The van der Waals surface area contributed by atoms with Gasteiger partial charge in [0.25, 0.3) is 0 Å². The summed E-state index contributed by atoms with van der Waals surface area (Å²) in [5.41, 5.74) is 1.94. The van der Waals surface area contributed by atoms with Crippen molar-refractivity contribution in [2.45, 2.75) is 76.7 Å². The van der Waals surface area contributed by atoms with Crippen LogP contribution in [0.25, 0.3) is 0 Å². The highest BCUT2D eigenvalue weighted by atomic mass is 35.5. The van der Waals surface area contributed by atoms with Gasteiger partial charge < -0.3 is 4.90 Å². The van der Waals surface area contributed by atoms with Crippen LogP contribution in [0.2, 0.25) is 10.0 Å². The minimum absolute atomic E-state index is 0.390. The Kier molecular flexibility index (Phi) is 9.47. The topological polar surface area (TPSA) is 27.0 Å². The van der Waals surface area contributed by atoms with Gasteiger partial charge >= 0.3 is 0 Å². The molecule has 1 fully saturated rings. The van der Waals surface area contributed by atoms with Gasteiger partial charge in [-0.15, -0.1) is 0 Å². The van der Waals surface area contributed by atoms with Crippen LogP contribution in [-0.4, -0.2) is 24.0 Å². The van der Waals surface area contributed by atoms with Crippen molar-refractivity contribution in [2.24, 2.45) is 5.92 Å². The van der Waals surface area contributed by atoms with Crippen LogP contribution >= 0.6 is 23.2 Å². The first-order chi connectivity index (χ1) is 15.5. The summed E-state index contributed by atoms with van der Waals surface area (Å²) >= 11 is 12.6. The van der Waals surface area contributed by atoms with Gasteiger partial charge in [0, 0.05) is 12.6 Å². The van der Waals surface area contributed by atoms with Crippen LogP contribution in [0.3, 0.4) is 0 Å². The van der Waals surface area contributed by atoms with E-state index in [4.69, 9.17) is 23.2 Å². The highest BCUT2D eigenvalue weighted by molar-refractivity contribution is 6.42. The van der Waals surface area contributed by atoms with Crippen LogP contribution in [0.5, 0.6) is 0 Å². The van der Waals surface area contributed by atoms with E-state index in [-0.39, 0.29) is 0 Å². The van der Waals surface area contributed by atoms with Crippen LogP contribution in [0.1, 0.15) is 69.9 Å². The van der Waals surface area contributed by atoms with Gasteiger partial charge in [-0.1, -0.05) is 86.3 Å². The van der Waals surface area contributed by atoms with Crippen LogP contribution < -0.4 is 0 Å². The number of benzene rings is 2. The van der Waals surface area contributed by atoms with Crippen molar-refractivity contribution < 1.29 is 0 Å². The van der Waals surface area contributed by atoms with Gasteiger partial charge in [-0.05, 0) is 74.2 Å². The van der Waals surface area contributed by atoms with E-state index in [1.54, 1.807) is 0 Å². The maximum absolute atomic E-state index is 10.5. The molecule has 4 heteroatoms. The zero-order chi connectivity index (χ0) is 23.0. The third-order valence-corrected chi connectivity index (χ3v) is 8.22. The quantitative estimate of drug-likeness (QED) is 0.331. The molecule has 1 aliphatic carbocycles. The summed E-state index contributed by atoms with van der Waals surface area (Å²) in [6.45, 7) is 6.61. The smallest absolute Gasteiger partial charge is 0.0851 e. The molecule has 2 unspecified atom stereocenters. The van der Waals surface area contributed by atoms with Crippen molar-refractivity contribution in [1.82, 2.24) is 4.90 Å². The Bertz CT molecular complexity index is 886. The van der Waals surface area contributed by atoms with Gasteiger partial charge in [-0.3, -0.25) is 0 Å². The molecule has 0 N–H and O–H groups in total. The van der Waals surface area contributed by atoms with Crippen molar-refractivity contribution in [1.29, 1.82) is 5.26 Å². The largest absolute Gasteiger partial charge is 0.300 e. The third kappa shape index (κ3) is 5.88. The van der Waals surface area contributed by atoms with Gasteiger partial charge in [-0.2, -0.15) is 5.26 Å². The van der Waals surface area contributed by atoms with Gasteiger partial charge in [-0.25, -0.2) is 0 Å². The van der Waals surface area contributed by atoms with E-state index in [9.17, 15) is 5.26 Å². The summed E-state index contributed by atoms with van der Waals surface area (Å²) in [6.07, 6.45) is 8.71. The molecule has 0 heterocycles. The molecule has 0 aliphatic heterocycles. The van der Waals surface area contributed by atoms with Crippen molar-refractivity contribution in [2.75, 3.05) is 13.1 Å². The lowest BCUT2D eigenvalue weighted by Crippen LogP contribution is -2.39. The van der Waals surface area contributed by atoms with Crippen LogP contribution in [-0.2, 0) is 11.8 Å². The second-order valence-electron chi connectivity index (χ2n) is 9.16. The van der Waals surface area contributed by atoms with Gasteiger partial charge in [0.15, 0.2) is 0 Å². The monoisotopic (exact) mass is 470 g/mol. The molecular weight excluding hydrogens is 435 g/mol. The summed E-state index contributed by atoms with van der Waals surface area (Å²) in [7, 11) is 0. The molecule has 0 bridgehead atoms. The molecule has 2 atom stereocenters. The van der Waals surface area contributed by atoms with E-state index in [1.807, 2.05) is 18.2 Å². The van der Waals surface area contributed by atoms with Gasteiger partial charge in [0.2, 0.25) is 0 Å². The number of nitriles is 1.